The molecule has 210 valence electrons. The fraction of sp³-hybridized carbons (Fsp3) is 0.517. The average Bonchev–Trinajstić information content (AvgIpc) is 2.93. The fourth-order valence-electron chi connectivity index (χ4n) is 4.98. The maximum atomic E-state index is 13.7. The Hall–Kier alpha value is -3.00. The standard InChI is InChI=1S/C29H36FN3O5S/c1-20-17-33(21(2)19-34)29(35)26-14-23(13-12-22-8-5-4-6-9-22)16-31-28(26)38-27(20)18-32(3)39(36,37)25-11-7-10-24(30)15-25/h7,10-11,14-16,20-22,27,34H,4-6,8-9,17-19H2,1-3H3/t20-,21+,27-/m1/s1. The van der Waals surface area contributed by atoms with Gasteiger partial charge in [0.1, 0.15) is 17.5 Å². The van der Waals surface area contributed by atoms with Gasteiger partial charge in [-0.1, -0.05) is 44.1 Å². The van der Waals surface area contributed by atoms with Crippen LogP contribution in [-0.2, 0) is 10.0 Å². The first-order valence-corrected chi connectivity index (χ1v) is 14.9. The van der Waals surface area contributed by atoms with Crippen molar-refractivity contribution in [2.45, 2.75) is 63.0 Å². The lowest BCUT2D eigenvalue weighted by Gasteiger charge is -2.37. The van der Waals surface area contributed by atoms with Crippen molar-refractivity contribution in [3.8, 4) is 17.7 Å². The van der Waals surface area contributed by atoms with Gasteiger partial charge in [0.2, 0.25) is 15.9 Å². The van der Waals surface area contributed by atoms with Crippen molar-refractivity contribution in [3.05, 3.63) is 53.5 Å². The molecule has 1 N–H and O–H groups in total. The van der Waals surface area contributed by atoms with Crippen LogP contribution in [0.15, 0.2) is 41.4 Å². The van der Waals surface area contributed by atoms with Crippen molar-refractivity contribution in [2.75, 3.05) is 26.7 Å². The molecule has 1 aliphatic heterocycles. The number of carbonyl (C=O) groups excluding carboxylic acids is 1. The topological polar surface area (TPSA) is 100 Å². The number of sulfonamides is 1. The molecular formula is C29H36FN3O5S. The molecule has 1 aromatic heterocycles. The number of carbonyl (C=O) groups is 1. The summed E-state index contributed by atoms with van der Waals surface area (Å²) in [5.41, 5.74) is 0.821. The lowest BCUT2D eigenvalue weighted by Crippen LogP contribution is -2.50. The summed E-state index contributed by atoms with van der Waals surface area (Å²) in [6.45, 7) is 3.55. The number of amides is 1. The van der Waals surface area contributed by atoms with E-state index in [1.807, 2.05) is 6.92 Å². The Morgan fingerprint density at radius 1 is 1.26 bits per heavy atom. The van der Waals surface area contributed by atoms with Crippen LogP contribution in [0.25, 0.3) is 0 Å². The summed E-state index contributed by atoms with van der Waals surface area (Å²) in [7, 11) is -2.59. The van der Waals surface area contributed by atoms with E-state index in [1.165, 1.54) is 44.5 Å². The Morgan fingerprint density at radius 3 is 2.69 bits per heavy atom. The number of ether oxygens (including phenoxy) is 1. The molecule has 1 aliphatic carbocycles. The van der Waals surface area contributed by atoms with E-state index in [9.17, 15) is 22.7 Å². The van der Waals surface area contributed by atoms with Gasteiger partial charge in [0.15, 0.2) is 0 Å². The van der Waals surface area contributed by atoms with Crippen LogP contribution in [0, 0.1) is 29.5 Å². The summed E-state index contributed by atoms with van der Waals surface area (Å²) in [4.78, 5) is 19.4. The highest BCUT2D eigenvalue weighted by molar-refractivity contribution is 7.89. The van der Waals surface area contributed by atoms with Gasteiger partial charge in [0.25, 0.3) is 5.91 Å². The monoisotopic (exact) mass is 557 g/mol. The van der Waals surface area contributed by atoms with Gasteiger partial charge in [-0.2, -0.15) is 4.31 Å². The number of halogens is 1. The van der Waals surface area contributed by atoms with Gasteiger partial charge in [-0.25, -0.2) is 17.8 Å². The van der Waals surface area contributed by atoms with E-state index >= 15 is 0 Å². The molecule has 1 aromatic carbocycles. The van der Waals surface area contributed by atoms with Crippen LogP contribution in [0.1, 0.15) is 61.9 Å². The second-order valence-corrected chi connectivity index (χ2v) is 12.6. The first-order valence-electron chi connectivity index (χ1n) is 13.4. The quantitative estimate of drug-likeness (QED) is 0.544. The molecular weight excluding hydrogens is 521 g/mol. The van der Waals surface area contributed by atoms with E-state index in [2.05, 4.69) is 16.8 Å². The average molecular weight is 558 g/mol. The Kier molecular flexibility index (Phi) is 9.26. The molecule has 0 spiro atoms. The highest BCUT2D eigenvalue weighted by Gasteiger charge is 2.36. The van der Waals surface area contributed by atoms with Gasteiger partial charge >= 0.3 is 0 Å². The first-order chi connectivity index (χ1) is 18.6. The van der Waals surface area contributed by atoms with Gasteiger partial charge in [0, 0.05) is 37.2 Å². The number of aliphatic hydroxyl groups excluding tert-OH is 1. The number of rotatable bonds is 6. The van der Waals surface area contributed by atoms with Crippen LogP contribution in [-0.4, -0.2) is 72.5 Å². The van der Waals surface area contributed by atoms with Crippen LogP contribution in [0.4, 0.5) is 4.39 Å². The van der Waals surface area contributed by atoms with E-state index < -0.39 is 28.0 Å². The van der Waals surface area contributed by atoms with Crippen molar-refractivity contribution in [2.24, 2.45) is 11.8 Å². The highest BCUT2D eigenvalue weighted by atomic mass is 32.2. The first kappa shape index (κ1) is 29.0. The van der Waals surface area contributed by atoms with E-state index in [4.69, 9.17) is 4.74 Å². The molecule has 1 amide bonds. The fourth-order valence-corrected chi connectivity index (χ4v) is 6.19. The zero-order valence-corrected chi connectivity index (χ0v) is 23.5. The van der Waals surface area contributed by atoms with Crippen LogP contribution in [0.3, 0.4) is 0 Å². The number of benzene rings is 1. The Bertz CT molecular complexity index is 1350. The molecule has 0 bridgehead atoms. The number of nitrogens with zero attached hydrogens (tertiary/aromatic N) is 3. The third-order valence-electron chi connectivity index (χ3n) is 7.49. The maximum Gasteiger partial charge on any atom is 0.259 e. The van der Waals surface area contributed by atoms with Crippen molar-refractivity contribution in [1.29, 1.82) is 0 Å². The van der Waals surface area contributed by atoms with Gasteiger partial charge in [0.05, 0.1) is 24.1 Å². The maximum absolute atomic E-state index is 13.7. The molecule has 8 nitrogen and oxygen atoms in total. The summed E-state index contributed by atoms with van der Waals surface area (Å²) in [5.74, 6) is 5.62. The molecule has 3 atom stereocenters. The number of aliphatic hydroxyl groups is 1. The van der Waals surface area contributed by atoms with E-state index in [0.29, 0.717) is 11.5 Å². The number of pyridine rings is 1. The molecule has 4 rings (SSSR count). The zero-order valence-electron chi connectivity index (χ0n) is 22.6. The summed E-state index contributed by atoms with van der Waals surface area (Å²) in [6.07, 6.45) is 6.61. The van der Waals surface area contributed by atoms with E-state index in [-0.39, 0.29) is 47.9 Å². The van der Waals surface area contributed by atoms with Gasteiger partial charge in [-0.15, -0.1) is 0 Å². The second-order valence-electron chi connectivity index (χ2n) is 10.5. The molecule has 1 fully saturated rings. The van der Waals surface area contributed by atoms with E-state index in [0.717, 1.165) is 23.2 Å². The van der Waals surface area contributed by atoms with Gasteiger partial charge in [-0.05, 0) is 44.0 Å². The van der Waals surface area contributed by atoms with Crippen molar-refractivity contribution >= 4 is 15.9 Å². The van der Waals surface area contributed by atoms with Crippen LogP contribution < -0.4 is 4.74 Å². The lowest BCUT2D eigenvalue weighted by atomic mass is 9.90. The summed E-state index contributed by atoms with van der Waals surface area (Å²) in [6, 6.07) is 6.04. The Balaban J connectivity index is 1.65. The van der Waals surface area contributed by atoms with Crippen LogP contribution in [0.2, 0.25) is 0 Å². The molecule has 10 heteroatoms. The number of hydrogen-bond donors (Lipinski definition) is 1. The molecule has 0 unspecified atom stereocenters. The molecule has 0 saturated heterocycles. The molecule has 0 radical (unpaired) electrons. The number of likely N-dealkylation sites (N-methyl/N-ethyl adjacent to an activating group) is 1. The number of aromatic nitrogens is 1. The summed E-state index contributed by atoms with van der Waals surface area (Å²) in [5, 5.41) is 9.87. The summed E-state index contributed by atoms with van der Waals surface area (Å²) < 4.78 is 47.4. The van der Waals surface area contributed by atoms with Crippen molar-refractivity contribution in [1.82, 2.24) is 14.2 Å². The van der Waals surface area contributed by atoms with E-state index in [1.54, 1.807) is 24.1 Å². The minimum absolute atomic E-state index is 0.0556. The largest absolute Gasteiger partial charge is 0.472 e. The molecule has 1 saturated carbocycles. The second kappa shape index (κ2) is 12.5. The highest BCUT2D eigenvalue weighted by Crippen LogP contribution is 2.29. The zero-order chi connectivity index (χ0) is 28.2. The van der Waals surface area contributed by atoms with Gasteiger partial charge in [-0.3, -0.25) is 4.79 Å². The molecule has 2 heterocycles. The third-order valence-corrected chi connectivity index (χ3v) is 9.31. The van der Waals surface area contributed by atoms with Crippen LogP contribution in [0.5, 0.6) is 5.88 Å². The molecule has 2 aromatic rings. The molecule has 2 aliphatic rings. The minimum atomic E-state index is -4.00. The normalized spacial score (nSPS) is 21.3. The SMILES string of the molecule is C[C@@H]1CN([C@@H](C)CO)C(=O)c2cc(C#CC3CCCCC3)cnc2O[C@@H]1CN(C)S(=O)(=O)c1cccc(F)c1. The Morgan fingerprint density at radius 2 is 2.00 bits per heavy atom. The number of fused-ring (bicyclic) bond motifs is 1. The van der Waals surface area contributed by atoms with Gasteiger partial charge < -0.3 is 14.7 Å². The summed E-state index contributed by atoms with van der Waals surface area (Å²) >= 11 is 0. The molecule has 39 heavy (non-hydrogen) atoms. The smallest absolute Gasteiger partial charge is 0.259 e. The predicted octanol–water partition coefficient (Wildman–Crippen LogP) is 3.69. The Labute approximate surface area is 230 Å². The third kappa shape index (κ3) is 6.78. The minimum Gasteiger partial charge on any atom is -0.472 e. The van der Waals surface area contributed by atoms with Crippen LogP contribution >= 0.6 is 0 Å². The lowest BCUT2D eigenvalue weighted by molar-refractivity contribution is 0.0373. The number of hydrogen-bond acceptors (Lipinski definition) is 6. The predicted molar refractivity (Wildman–Crippen MR) is 145 cm³/mol. The van der Waals surface area contributed by atoms with Crippen molar-refractivity contribution < 1.29 is 27.4 Å². The van der Waals surface area contributed by atoms with Crippen molar-refractivity contribution in [3.63, 3.8) is 0 Å².